The Labute approximate surface area is 242 Å². The van der Waals surface area contributed by atoms with E-state index < -0.39 is 71.8 Å². The zero-order valence-electron chi connectivity index (χ0n) is 22.1. The molecule has 0 aliphatic carbocycles. The Hall–Kier alpha value is -2.59. The lowest BCUT2D eigenvalue weighted by Gasteiger charge is -2.22. The maximum Gasteiger partial charge on any atom is 0.490 e. The van der Waals surface area contributed by atoms with Gasteiger partial charge in [0.05, 0.1) is 6.61 Å². The van der Waals surface area contributed by atoms with Crippen LogP contribution in [-0.4, -0.2) is 66.5 Å². The zero-order chi connectivity index (χ0) is 31.6. The molecule has 2 unspecified atom stereocenters. The molecule has 17 nitrogen and oxygen atoms in total. The SMILES string of the molecule is COP(=O)(OC[C@H]1O[C@@H](n2cc(C(c3ccccc3)c3ccccc3)c(=O)[nH]c2=O)[C@H](O)[C@@H]1O)OP(=O)(O)OP(=O)(O)O. The molecule has 1 saturated heterocycles. The topological polar surface area (TPSA) is 253 Å². The number of aliphatic hydroxyl groups excluding tert-OH is 2. The fraction of sp³-hybridized carbons (Fsp3) is 0.304. The Morgan fingerprint density at radius 2 is 1.47 bits per heavy atom. The first kappa shape index (κ1) is 33.3. The van der Waals surface area contributed by atoms with E-state index in [4.69, 9.17) is 19.0 Å². The molecule has 0 saturated carbocycles. The largest absolute Gasteiger partial charge is 0.490 e. The van der Waals surface area contributed by atoms with Gasteiger partial charge in [-0.2, -0.15) is 8.62 Å². The van der Waals surface area contributed by atoms with Crippen molar-refractivity contribution in [2.24, 2.45) is 0 Å². The molecule has 2 heterocycles. The number of aromatic amines is 1. The quantitative estimate of drug-likeness (QED) is 0.149. The summed E-state index contributed by atoms with van der Waals surface area (Å²) < 4.78 is 58.7. The van der Waals surface area contributed by atoms with Gasteiger partial charge in [-0.25, -0.2) is 18.5 Å². The molecule has 234 valence electrons. The lowest BCUT2D eigenvalue weighted by molar-refractivity contribution is -0.0548. The van der Waals surface area contributed by atoms with Crippen LogP contribution in [0.2, 0.25) is 0 Å². The number of rotatable bonds is 12. The van der Waals surface area contributed by atoms with E-state index in [1.807, 2.05) is 0 Å². The van der Waals surface area contributed by atoms with Crippen LogP contribution in [0.3, 0.4) is 0 Å². The van der Waals surface area contributed by atoms with Crippen LogP contribution < -0.4 is 11.2 Å². The fourth-order valence-electron chi connectivity index (χ4n) is 4.38. The van der Waals surface area contributed by atoms with Crippen molar-refractivity contribution in [3.05, 3.63) is 104 Å². The van der Waals surface area contributed by atoms with E-state index in [1.165, 1.54) is 6.20 Å². The Kier molecular flexibility index (Phi) is 10.2. The fourth-order valence-corrected chi connectivity index (χ4v) is 7.75. The second-order valence-electron chi connectivity index (χ2n) is 9.10. The molecule has 2 aromatic carbocycles. The smallest absolute Gasteiger partial charge is 0.387 e. The first-order valence-electron chi connectivity index (χ1n) is 12.2. The van der Waals surface area contributed by atoms with E-state index in [0.717, 1.165) is 4.57 Å². The van der Waals surface area contributed by atoms with Crippen molar-refractivity contribution in [3.63, 3.8) is 0 Å². The van der Waals surface area contributed by atoms with Crippen LogP contribution in [0, 0.1) is 0 Å². The summed E-state index contributed by atoms with van der Waals surface area (Å²) in [7, 11) is -15.6. The first-order chi connectivity index (χ1) is 20.1. The zero-order valence-corrected chi connectivity index (χ0v) is 24.7. The van der Waals surface area contributed by atoms with Gasteiger partial charge in [-0.3, -0.25) is 23.4 Å². The number of nitrogens with one attached hydrogen (secondary N) is 1. The van der Waals surface area contributed by atoms with Crippen molar-refractivity contribution < 1.29 is 61.0 Å². The Balaban J connectivity index is 1.61. The summed E-state index contributed by atoms with van der Waals surface area (Å²) >= 11 is 0. The van der Waals surface area contributed by atoms with E-state index >= 15 is 0 Å². The number of H-pyrrole nitrogens is 1. The molecule has 20 heteroatoms. The molecule has 1 fully saturated rings. The molecule has 1 aliphatic rings. The molecule has 1 aromatic heterocycles. The van der Waals surface area contributed by atoms with Gasteiger partial charge in [0.2, 0.25) is 0 Å². The first-order valence-corrected chi connectivity index (χ1v) is 16.7. The van der Waals surface area contributed by atoms with Crippen LogP contribution in [0.15, 0.2) is 76.4 Å². The van der Waals surface area contributed by atoms with Gasteiger partial charge in [0.1, 0.15) is 18.3 Å². The Morgan fingerprint density at radius 3 is 1.98 bits per heavy atom. The number of benzene rings is 2. The Morgan fingerprint density at radius 1 is 0.907 bits per heavy atom. The summed E-state index contributed by atoms with van der Waals surface area (Å²) in [6, 6.07) is 17.8. The highest BCUT2D eigenvalue weighted by atomic mass is 31.3. The maximum absolute atomic E-state index is 13.0. The molecule has 0 spiro atoms. The van der Waals surface area contributed by atoms with E-state index in [1.54, 1.807) is 60.7 Å². The average molecular weight is 664 g/mol. The van der Waals surface area contributed by atoms with Crippen LogP contribution in [0.4, 0.5) is 0 Å². The molecule has 3 aromatic rings. The molecular formula is C23H27N2O15P3. The molecule has 0 bridgehead atoms. The minimum Gasteiger partial charge on any atom is -0.387 e. The van der Waals surface area contributed by atoms with Gasteiger partial charge in [0, 0.05) is 24.8 Å². The third kappa shape index (κ3) is 8.12. The third-order valence-corrected chi connectivity index (χ3v) is 10.4. The van der Waals surface area contributed by atoms with Crippen molar-refractivity contribution in [2.45, 2.75) is 30.5 Å². The summed E-state index contributed by atoms with van der Waals surface area (Å²) in [4.78, 5) is 55.0. The summed E-state index contributed by atoms with van der Waals surface area (Å²) in [5.74, 6) is -0.658. The van der Waals surface area contributed by atoms with E-state index in [0.29, 0.717) is 18.2 Å². The monoisotopic (exact) mass is 664 g/mol. The minimum atomic E-state index is -5.69. The number of hydrogen-bond donors (Lipinski definition) is 6. The molecule has 6 atom stereocenters. The molecule has 0 radical (unpaired) electrons. The Bertz CT molecular complexity index is 1640. The summed E-state index contributed by atoms with van der Waals surface area (Å²) in [5.41, 5.74) is -0.183. The number of aliphatic hydroxyl groups is 2. The minimum absolute atomic E-state index is 0.100. The van der Waals surface area contributed by atoms with Gasteiger partial charge < -0.3 is 29.6 Å². The van der Waals surface area contributed by atoms with Crippen LogP contribution in [0.5, 0.6) is 0 Å². The van der Waals surface area contributed by atoms with Crippen LogP contribution in [0.1, 0.15) is 28.8 Å². The molecule has 4 rings (SSSR count). The molecule has 0 amide bonds. The van der Waals surface area contributed by atoms with Gasteiger partial charge in [0.15, 0.2) is 6.23 Å². The van der Waals surface area contributed by atoms with Crippen molar-refractivity contribution in [3.8, 4) is 0 Å². The molecule has 6 N–H and O–H groups in total. The van der Waals surface area contributed by atoms with E-state index in [-0.39, 0.29) is 5.56 Å². The normalized spacial score (nSPS) is 23.6. The summed E-state index contributed by atoms with van der Waals surface area (Å²) in [6.45, 7) is -0.947. The summed E-state index contributed by atoms with van der Waals surface area (Å²) in [5, 5.41) is 21.3. The number of ether oxygens (including phenoxy) is 1. The lowest BCUT2D eigenvalue weighted by Crippen LogP contribution is -2.39. The third-order valence-electron chi connectivity index (χ3n) is 6.22. The van der Waals surface area contributed by atoms with Gasteiger partial charge in [-0.05, 0) is 11.1 Å². The van der Waals surface area contributed by atoms with Crippen molar-refractivity contribution in [1.82, 2.24) is 9.55 Å². The van der Waals surface area contributed by atoms with Crippen LogP contribution in [0.25, 0.3) is 0 Å². The second-order valence-corrected chi connectivity index (χ2v) is 13.8. The number of hydrogen-bond acceptors (Lipinski definition) is 12. The number of nitrogens with zero attached hydrogens (tertiary/aromatic N) is 1. The van der Waals surface area contributed by atoms with Gasteiger partial charge >= 0.3 is 29.2 Å². The highest BCUT2D eigenvalue weighted by molar-refractivity contribution is 7.66. The molecular weight excluding hydrogens is 637 g/mol. The maximum atomic E-state index is 13.0. The van der Waals surface area contributed by atoms with Crippen molar-refractivity contribution >= 4 is 23.5 Å². The highest BCUT2D eigenvalue weighted by Gasteiger charge is 2.47. The predicted molar refractivity (Wildman–Crippen MR) is 146 cm³/mol. The lowest BCUT2D eigenvalue weighted by atomic mass is 9.86. The van der Waals surface area contributed by atoms with Crippen LogP contribution >= 0.6 is 23.5 Å². The van der Waals surface area contributed by atoms with Gasteiger partial charge in [-0.1, -0.05) is 60.7 Å². The average Bonchev–Trinajstić information content (AvgIpc) is 3.21. The predicted octanol–water partition coefficient (Wildman–Crippen LogP) is 1.33. The van der Waals surface area contributed by atoms with E-state index in [2.05, 4.69) is 18.1 Å². The van der Waals surface area contributed by atoms with Gasteiger partial charge in [-0.15, -0.1) is 0 Å². The van der Waals surface area contributed by atoms with Crippen molar-refractivity contribution in [2.75, 3.05) is 13.7 Å². The number of phosphoric acid groups is 3. The number of aromatic nitrogens is 2. The van der Waals surface area contributed by atoms with E-state index in [9.17, 15) is 38.4 Å². The van der Waals surface area contributed by atoms with Crippen molar-refractivity contribution in [1.29, 1.82) is 0 Å². The standard InChI is InChI=1S/C23H27N2O15P3/c1-36-43(35,40-42(33,34)39-41(30,31)32)37-13-17-19(26)20(27)22(38-17)25-12-16(21(28)24-23(25)29)18(14-8-4-2-5-9-14)15-10-6-3-7-11-15/h2-12,17-20,22,26-27H,13H2,1H3,(H,33,34)(H,24,28,29)(H2,30,31,32)/t17-,19-,20-,22-,43?/m1/s1. The van der Waals surface area contributed by atoms with Crippen LogP contribution in [-0.2, 0) is 36.1 Å². The highest BCUT2D eigenvalue weighted by Crippen LogP contribution is 2.68. The summed E-state index contributed by atoms with van der Waals surface area (Å²) in [6.07, 6.45) is -5.59. The number of phosphoric ester groups is 1. The molecule has 1 aliphatic heterocycles. The second kappa shape index (κ2) is 13.2. The van der Waals surface area contributed by atoms with Gasteiger partial charge in [0.25, 0.3) is 5.56 Å². The molecule has 43 heavy (non-hydrogen) atoms.